The van der Waals surface area contributed by atoms with Gasteiger partial charge in [0.25, 0.3) is 0 Å². The number of carbonyl (C=O) groups is 2. The number of hydrogen-bond acceptors (Lipinski definition) is 12. The van der Waals surface area contributed by atoms with Gasteiger partial charge in [0.05, 0.1) is 6.26 Å². The van der Waals surface area contributed by atoms with Gasteiger partial charge in [0, 0.05) is 0 Å². The minimum atomic E-state index is -0.159. The van der Waals surface area contributed by atoms with E-state index in [9.17, 15) is 9.59 Å². The number of aryl methyl sites for hydroxylation is 5. The fourth-order valence-electron chi connectivity index (χ4n) is 3.14. The lowest BCUT2D eigenvalue weighted by atomic mass is 10.4. The van der Waals surface area contributed by atoms with E-state index in [4.69, 9.17) is 46.9 Å². The Labute approximate surface area is 272 Å². The van der Waals surface area contributed by atoms with Crippen molar-refractivity contribution >= 4 is 12.6 Å². The van der Waals surface area contributed by atoms with E-state index < -0.39 is 0 Å². The second kappa shape index (κ2) is 23.2. The van der Waals surface area contributed by atoms with Crippen LogP contribution in [-0.2, 0) is 26.4 Å². The van der Waals surface area contributed by atoms with Crippen LogP contribution >= 0.6 is 0 Å². The van der Waals surface area contributed by atoms with E-state index in [1.807, 2.05) is 58.0 Å². The molecular formula is C35H42O12. The maximum absolute atomic E-state index is 9.96. The van der Waals surface area contributed by atoms with Crippen molar-refractivity contribution < 1.29 is 56.5 Å². The van der Waals surface area contributed by atoms with Crippen molar-refractivity contribution in [3.8, 4) is 0 Å². The molecule has 0 saturated heterocycles. The van der Waals surface area contributed by atoms with Gasteiger partial charge in [0.2, 0.25) is 0 Å². The topological polar surface area (TPSA) is 194 Å². The molecule has 0 aliphatic carbocycles. The molecule has 254 valence electrons. The smallest absolute Gasteiger partial charge is 0.185 e. The summed E-state index contributed by atoms with van der Waals surface area (Å²) in [5.41, 5.74) is 0. The molecule has 0 aromatic carbocycles. The maximum atomic E-state index is 9.96. The van der Waals surface area contributed by atoms with Crippen molar-refractivity contribution in [3.63, 3.8) is 0 Å². The van der Waals surface area contributed by atoms with Crippen molar-refractivity contribution in [2.75, 3.05) is 0 Å². The summed E-state index contributed by atoms with van der Waals surface area (Å²) >= 11 is 0. The third kappa shape index (κ3) is 17.8. The van der Waals surface area contributed by atoms with Gasteiger partial charge in [-0.25, -0.2) is 0 Å². The van der Waals surface area contributed by atoms with Crippen LogP contribution in [0, 0.1) is 34.6 Å². The van der Waals surface area contributed by atoms with Crippen LogP contribution in [0.15, 0.2) is 106 Å². The number of rotatable bonds is 6. The predicted molar refractivity (Wildman–Crippen MR) is 170 cm³/mol. The zero-order valence-electron chi connectivity index (χ0n) is 27.0. The third-order valence-electron chi connectivity index (χ3n) is 5.35. The minimum Gasteiger partial charge on any atom is -0.470 e. The van der Waals surface area contributed by atoms with Gasteiger partial charge in [-0.2, -0.15) is 0 Å². The molecule has 0 aliphatic rings. The fraction of sp³-hybridized carbons (Fsp3) is 0.257. The molecule has 0 fully saturated rings. The lowest BCUT2D eigenvalue weighted by Crippen LogP contribution is -1.76. The average Bonchev–Trinajstić information content (AvgIpc) is 3.93. The first kappa shape index (κ1) is 39.9. The van der Waals surface area contributed by atoms with Crippen molar-refractivity contribution in [1.29, 1.82) is 0 Å². The second-order valence-corrected chi connectivity index (χ2v) is 9.38. The molecule has 6 rings (SSSR count). The molecule has 4 N–H and O–H groups in total. The number of furan rings is 6. The van der Waals surface area contributed by atoms with Gasteiger partial charge in [-0.15, -0.1) is 0 Å². The Bertz CT molecular complexity index is 1590. The molecule has 12 heteroatoms. The lowest BCUT2D eigenvalue weighted by molar-refractivity contribution is 0.109. The van der Waals surface area contributed by atoms with Crippen LogP contribution in [0.1, 0.15) is 73.0 Å². The highest BCUT2D eigenvalue weighted by molar-refractivity contribution is 5.70. The van der Waals surface area contributed by atoms with E-state index in [0.29, 0.717) is 41.4 Å². The van der Waals surface area contributed by atoms with E-state index >= 15 is 0 Å². The van der Waals surface area contributed by atoms with Crippen LogP contribution in [0.3, 0.4) is 0 Å². The van der Waals surface area contributed by atoms with Crippen LogP contribution in [0.25, 0.3) is 0 Å². The van der Waals surface area contributed by atoms with E-state index in [-0.39, 0.29) is 32.2 Å². The molecule has 6 aromatic heterocycles. The first-order chi connectivity index (χ1) is 22.6. The van der Waals surface area contributed by atoms with Crippen LogP contribution < -0.4 is 0 Å². The first-order valence-electron chi connectivity index (χ1n) is 14.2. The second-order valence-electron chi connectivity index (χ2n) is 9.38. The minimum absolute atomic E-state index is 0.00611. The summed E-state index contributed by atoms with van der Waals surface area (Å²) in [5, 5.41) is 33.8. The summed E-state index contributed by atoms with van der Waals surface area (Å²) in [6, 6.07) is 21.0. The Morgan fingerprint density at radius 3 is 1.06 bits per heavy atom. The average molecular weight is 655 g/mol. The van der Waals surface area contributed by atoms with Crippen molar-refractivity contribution in [2.45, 2.75) is 61.0 Å². The summed E-state index contributed by atoms with van der Waals surface area (Å²) in [6.45, 7) is 9.05. The summed E-state index contributed by atoms with van der Waals surface area (Å²) in [6.07, 6.45) is 2.95. The van der Waals surface area contributed by atoms with Gasteiger partial charge in [0.15, 0.2) is 24.1 Å². The Morgan fingerprint density at radius 1 is 0.447 bits per heavy atom. The molecule has 47 heavy (non-hydrogen) atoms. The number of aliphatic hydroxyl groups excluding tert-OH is 4. The molecule has 0 spiro atoms. The highest BCUT2D eigenvalue weighted by Crippen LogP contribution is 2.07. The Balaban J connectivity index is 0.000000283. The fourth-order valence-corrected chi connectivity index (χ4v) is 3.14. The summed E-state index contributed by atoms with van der Waals surface area (Å²) < 4.78 is 29.4. The zero-order valence-corrected chi connectivity index (χ0v) is 27.0. The van der Waals surface area contributed by atoms with E-state index in [1.165, 1.54) is 6.07 Å². The van der Waals surface area contributed by atoms with Gasteiger partial charge >= 0.3 is 0 Å². The monoisotopic (exact) mass is 654 g/mol. The molecule has 12 nitrogen and oxygen atoms in total. The van der Waals surface area contributed by atoms with Gasteiger partial charge in [0.1, 0.15) is 78.3 Å². The first-order valence-corrected chi connectivity index (χ1v) is 14.2. The highest BCUT2D eigenvalue weighted by atomic mass is 16.4. The molecule has 0 unspecified atom stereocenters. The van der Waals surface area contributed by atoms with Gasteiger partial charge in [-0.3, -0.25) is 9.59 Å². The number of carbonyl (C=O) groups excluding carboxylic acids is 2. The predicted octanol–water partition coefficient (Wildman–Crippen LogP) is 6.81. The molecule has 0 bridgehead atoms. The Morgan fingerprint density at radius 2 is 0.830 bits per heavy atom. The van der Waals surface area contributed by atoms with Crippen molar-refractivity contribution in [3.05, 3.63) is 142 Å². The van der Waals surface area contributed by atoms with Gasteiger partial charge < -0.3 is 46.9 Å². The molecular weight excluding hydrogens is 612 g/mol. The Hall–Kier alpha value is -5.14. The third-order valence-corrected chi connectivity index (χ3v) is 5.35. The quantitative estimate of drug-likeness (QED) is 0.137. The Kier molecular flexibility index (Phi) is 19.7. The molecule has 0 amide bonds. The number of aldehydes is 2. The normalized spacial score (nSPS) is 9.47. The van der Waals surface area contributed by atoms with Gasteiger partial charge in [-0.05, 0) is 107 Å². The standard InChI is InChI=1S/C6H8O3.C6H6O3.C6H8O2.C6H6O2.C6H8O.C5H6O/c2*7-3-5-1-2-6(4-8)9-5;2*1-5-2-3-6(4-7)8-5;1-5-3-4-6(2)7-5;1-5-3-2-4-6-5/h1-2,7-8H,3-4H2;1-3,8H,4H2;2-3,7H,4H2,1H3;2-4H,1H3;3-4H,1-2H3;2-4H,1H3. The molecule has 6 aromatic rings. The van der Waals surface area contributed by atoms with E-state index in [1.54, 1.807) is 49.6 Å². The number of aliphatic hydroxyl groups is 4. The maximum Gasteiger partial charge on any atom is 0.185 e. The molecule has 0 saturated carbocycles. The van der Waals surface area contributed by atoms with Crippen LogP contribution in [-0.4, -0.2) is 33.0 Å². The van der Waals surface area contributed by atoms with E-state index in [2.05, 4.69) is 0 Å². The van der Waals surface area contributed by atoms with Crippen LogP contribution in [0.2, 0.25) is 0 Å². The molecule has 0 aliphatic heterocycles. The van der Waals surface area contributed by atoms with Crippen molar-refractivity contribution in [1.82, 2.24) is 0 Å². The number of hydrogen-bond donors (Lipinski definition) is 4. The summed E-state index contributed by atoms with van der Waals surface area (Å²) in [5.74, 6) is 7.20. The summed E-state index contributed by atoms with van der Waals surface area (Å²) in [4.78, 5) is 19.9. The van der Waals surface area contributed by atoms with E-state index in [0.717, 1.165) is 28.8 Å². The largest absolute Gasteiger partial charge is 0.470 e. The van der Waals surface area contributed by atoms with Crippen molar-refractivity contribution in [2.24, 2.45) is 0 Å². The zero-order chi connectivity index (χ0) is 35.0. The molecule has 0 atom stereocenters. The molecule has 0 radical (unpaired) electrons. The van der Waals surface area contributed by atoms with Crippen LogP contribution in [0.4, 0.5) is 0 Å². The van der Waals surface area contributed by atoms with Gasteiger partial charge in [-0.1, -0.05) is 0 Å². The highest BCUT2D eigenvalue weighted by Gasteiger charge is 1.97. The molecule has 6 heterocycles. The van der Waals surface area contributed by atoms with Crippen LogP contribution in [0.5, 0.6) is 0 Å². The summed E-state index contributed by atoms with van der Waals surface area (Å²) in [7, 11) is 0. The SMILES string of the molecule is Cc1ccc(C)o1.Cc1ccc(C=O)o1.Cc1ccc(CO)o1.Cc1ccco1.O=Cc1ccc(CO)o1.OCc1ccc(CO)o1. The lowest BCUT2D eigenvalue weighted by Gasteiger charge is -1.86.